The van der Waals surface area contributed by atoms with Gasteiger partial charge in [0.2, 0.25) is 0 Å². The Balaban J connectivity index is 0.00000272. The summed E-state index contributed by atoms with van der Waals surface area (Å²) < 4.78 is 5.08. The fourth-order valence-corrected chi connectivity index (χ4v) is 4.09. The lowest BCUT2D eigenvalue weighted by atomic mass is 10.1. The molecule has 2 saturated heterocycles. The van der Waals surface area contributed by atoms with Gasteiger partial charge in [0.1, 0.15) is 12.4 Å². The first-order valence-electron chi connectivity index (χ1n) is 10.4. The molecular formula is C23H29ClN4O3. The third-order valence-electron chi connectivity index (χ3n) is 5.97. The predicted molar refractivity (Wildman–Crippen MR) is 124 cm³/mol. The van der Waals surface area contributed by atoms with Gasteiger partial charge in [-0.25, -0.2) is 9.78 Å². The summed E-state index contributed by atoms with van der Waals surface area (Å²) in [6, 6.07) is 9.38. The zero-order valence-corrected chi connectivity index (χ0v) is 19.2. The SMILES string of the molecule is Cc1cc(C)c(N2CCN(C(=O)c3ccc(N4C(=O)OCC4C)cc3)CC2)nc1C.Cl. The number of amides is 2. The Hall–Kier alpha value is -2.80. The quantitative estimate of drug-likeness (QED) is 0.721. The number of ether oxygens (including phenoxy) is 1. The second-order valence-corrected chi connectivity index (χ2v) is 8.15. The highest BCUT2D eigenvalue weighted by atomic mass is 35.5. The number of piperazine rings is 1. The number of nitrogens with zero attached hydrogens (tertiary/aromatic N) is 4. The van der Waals surface area contributed by atoms with E-state index in [0.29, 0.717) is 25.3 Å². The molecule has 0 N–H and O–H groups in total. The Kier molecular flexibility index (Phi) is 6.74. The number of anilines is 2. The van der Waals surface area contributed by atoms with Crippen molar-refractivity contribution in [3.8, 4) is 0 Å². The summed E-state index contributed by atoms with van der Waals surface area (Å²) in [6.45, 7) is 11.4. The number of carbonyl (C=O) groups is 2. The van der Waals surface area contributed by atoms with Gasteiger partial charge in [-0.05, 0) is 63.1 Å². The third kappa shape index (κ3) is 4.46. The van der Waals surface area contributed by atoms with Crippen molar-refractivity contribution >= 4 is 35.9 Å². The van der Waals surface area contributed by atoms with Gasteiger partial charge in [0, 0.05) is 43.1 Å². The number of pyridine rings is 1. The second-order valence-electron chi connectivity index (χ2n) is 8.15. The van der Waals surface area contributed by atoms with Gasteiger partial charge in [-0.2, -0.15) is 0 Å². The van der Waals surface area contributed by atoms with Crippen molar-refractivity contribution in [2.75, 3.05) is 42.6 Å². The van der Waals surface area contributed by atoms with E-state index in [2.05, 4.69) is 24.8 Å². The molecule has 1 unspecified atom stereocenters. The van der Waals surface area contributed by atoms with Gasteiger partial charge in [0.15, 0.2) is 0 Å². The minimum absolute atomic E-state index is 0. The monoisotopic (exact) mass is 444 g/mol. The molecule has 8 heteroatoms. The molecule has 7 nitrogen and oxygen atoms in total. The Labute approximate surface area is 189 Å². The van der Waals surface area contributed by atoms with Crippen LogP contribution in [0.1, 0.15) is 34.1 Å². The van der Waals surface area contributed by atoms with Gasteiger partial charge in [0.25, 0.3) is 5.91 Å². The Bertz CT molecular complexity index is 972. The van der Waals surface area contributed by atoms with Crippen molar-refractivity contribution in [1.29, 1.82) is 0 Å². The highest BCUT2D eigenvalue weighted by Gasteiger charge is 2.31. The smallest absolute Gasteiger partial charge is 0.414 e. The maximum Gasteiger partial charge on any atom is 0.414 e. The van der Waals surface area contributed by atoms with Gasteiger partial charge >= 0.3 is 6.09 Å². The fraction of sp³-hybridized carbons (Fsp3) is 0.435. The van der Waals surface area contributed by atoms with Crippen LogP contribution < -0.4 is 9.80 Å². The van der Waals surface area contributed by atoms with E-state index in [1.54, 1.807) is 17.0 Å². The molecule has 0 bridgehead atoms. The lowest BCUT2D eigenvalue weighted by Gasteiger charge is -2.36. The van der Waals surface area contributed by atoms with Crippen molar-refractivity contribution < 1.29 is 14.3 Å². The van der Waals surface area contributed by atoms with Crippen LogP contribution in [0.15, 0.2) is 30.3 Å². The van der Waals surface area contributed by atoms with Crippen LogP contribution >= 0.6 is 12.4 Å². The summed E-state index contributed by atoms with van der Waals surface area (Å²) in [4.78, 5) is 35.4. The van der Waals surface area contributed by atoms with Gasteiger partial charge in [-0.1, -0.05) is 6.07 Å². The zero-order valence-electron chi connectivity index (χ0n) is 18.4. The maximum atomic E-state index is 13.0. The molecular weight excluding hydrogens is 416 g/mol. The molecule has 2 amide bonds. The molecule has 1 aromatic carbocycles. The highest BCUT2D eigenvalue weighted by molar-refractivity contribution is 5.96. The van der Waals surface area contributed by atoms with Crippen molar-refractivity contribution in [1.82, 2.24) is 9.88 Å². The molecule has 2 aromatic rings. The van der Waals surface area contributed by atoms with E-state index in [1.807, 2.05) is 30.9 Å². The van der Waals surface area contributed by atoms with Crippen molar-refractivity contribution in [2.24, 2.45) is 0 Å². The van der Waals surface area contributed by atoms with Crippen LogP contribution in [0.25, 0.3) is 0 Å². The average molecular weight is 445 g/mol. The van der Waals surface area contributed by atoms with Gasteiger partial charge < -0.3 is 14.5 Å². The normalized spacial score (nSPS) is 18.6. The molecule has 2 fully saturated rings. The zero-order chi connectivity index (χ0) is 21.4. The topological polar surface area (TPSA) is 66.0 Å². The minimum atomic E-state index is -0.340. The molecule has 31 heavy (non-hydrogen) atoms. The summed E-state index contributed by atoms with van der Waals surface area (Å²) >= 11 is 0. The van der Waals surface area contributed by atoms with Crippen LogP contribution in [-0.2, 0) is 4.74 Å². The van der Waals surface area contributed by atoms with Crippen LogP contribution in [0, 0.1) is 20.8 Å². The molecule has 0 radical (unpaired) electrons. The maximum absolute atomic E-state index is 13.0. The first-order valence-corrected chi connectivity index (χ1v) is 10.4. The van der Waals surface area contributed by atoms with E-state index >= 15 is 0 Å². The van der Waals surface area contributed by atoms with Crippen molar-refractivity contribution in [3.63, 3.8) is 0 Å². The van der Waals surface area contributed by atoms with Crippen LogP contribution in [0.4, 0.5) is 16.3 Å². The molecule has 1 atom stereocenters. The van der Waals surface area contributed by atoms with Crippen LogP contribution in [-0.4, -0.2) is 60.7 Å². The molecule has 2 aliphatic rings. The first kappa shape index (κ1) is 22.9. The van der Waals surface area contributed by atoms with E-state index in [0.717, 1.165) is 30.3 Å². The summed E-state index contributed by atoms with van der Waals surface area (Å²) in [6.07, 6.45) is -0.340. The number of rotatable bonds is 3. The summed E-state index contributed by atoms with van der Waals surface area (Å²) in [5, 5.41) is 0. The van der Waals surface area contributed by atoms with Gasteiger partial charge in [-0.15, -0.1) is 12.4 Å². The van der Waals surface area contributed by atoms with Gasteiger partial charge in [0.05, 0.1) is 6.04 Å². The number of halogens is 1. The Morgan fingerprint density at radius 3 is 2.26 bits per heavy atom. The number of aryl methyl sites for hydroxylation is 3. The summed E-state index contributed by atoms with van der Waals surface area (Å²) in [5.74, 6) is 1.03. The molecule has 4 rings (SSSR count). The van der Waals surface area contributed by atoms with Gasteiger partial charge in [-0.3, -0.25) is 9.69 Å². The number of hydrogen-bond donors (Lipinski definition) is 0. The van der Waals surface area contributed by atoms with Crippen molar-refractivity contribution in [2.45, 2.75) is 33.7 Å². The second kappa shape index (κ2) is 9.14. The van der Waals surface area contributed by atoms with E-state index in [9.17, 15) is 9.59 Å². The molecule has 1 aromatic heterocycles. The number of hydrogen-bond acceptors (Lipinski definition) is 5. The molecule has 0 spiro atoms. The molecule has 0 aliphatic carbocycles. The standard InChI is InChI=1S/C23H28N4O3.ClH/c1-15-13-16(2)21(24-18(15)4)25-9-11-26(12-10-25)22(28)19-5-7-20(8-6-19)27-17(3)14-30-23(27)29;/h5-8,13,17H,9-12,14H2,1-4H3;1H. The third-order valence-corrected chi connectivity index (χ3v) is 5.97. The average Bonchev–Trinajstić information content (AvgIpc) is 3.08. The van der Waals surface area contributed by atoms with Crippen molar-refractivity contribution in [3.05, 3.63) is 52.7 Å². The lowest BCUT2D eigenvalue weighted by molar-refractivity contribution is 0.0746. The Morgan fingerprint density at radius 1 is 1.03 bits per heavy atom. The number of carbonyl (C=O) groups excluding carboxylic acids is 2. The molecule has 166 valence electrons. The van der Waals surface area contributed by atoms with Crippen LogP contribution in [0.3, 0.4) is 0 Å². The minimum Gasteiger partial charge on any atom is -0.447 e. The van der Waals surface area contributed by atoms with Crippen LogP contribution in [0.5, 0.6) is 0 Å². The number of benzene rings is 1. The highest BCUT2D eigenvalue weighted by Crippen LogP contribution is 2.25. The fourth-order valence-electron chi connectivity index (χ4n) is 4.09. The lowest BCUT2D eigenvalue weighted by Crippen LogP contribution is -2.49. The largest absolute Gasteiger partial charge is 0.447 e. The van der Waals surface area contributed by atoms with E-state index in [4.69, 9.17) is 9.72 Å². The van der Waals surface area contributed by atoms with E-state index in [-0.39, 0.29) is 30.4 Å². The van der Waals surface area contributed by atoms with E-state index < -0.39 is 0 Å². The molecule has 0 saturated carbocycles. The molecule has 3 heterocycles. The first-order chi connectivity index (χ1) is 14.3. The Morgan fingerprint density at radius 2 is 1.68 bits per heavy atom. The number of cyclic esters (lactones) is 1. The van der Waals surface area contributed by atoms with Crippen LogP contribution in [0.2, 0.25) is 0 Å². The summed E-state index contributed by atoms with van der Waals surface area (Å²) in [5.41, 5.74) is 4.80. The van der Waals surface area contributed by atoms with E-state index in [1.165, 1.54) is 11.1 Å². The molecule has 2 aliphatic heterocycles. The number of aromatic nitrogens is 1. The predicted octanol–water partition coefficient (Wildman–Crippen LogP) is 3.74. The summed E-state index contributed by atoms with van der Waals surface area (Å²) in [7, 11) is 0.